The molecule has 0 saturated carbocycles. The SMILES string of the molecule is COc1cc2nccc(Oc3ccc(N)c(Cl)c3)c2cc1C(=O)NCC(C)NC(=O)c1cc2c(Oc3ccc(Cl)c(N)c3)ccnc2cc1OC. The van der Waals surface area contributed by atoms with Crippen LogP contribution in [0.3, 0.4) is 0 Å². The molecule has 0 saturated heterocycles. The molecule has 2 amide bonds. The maximum absolute atomic E-state index is 13.6. The number of nitrogens with two attached hydrogens (primary N) is 2. The zero-order valence-electron chi connectivity index (χ0n) is 27.6. The fraction of sp³-hybridized carbons (Fsp3) is 0.135. The van der Waals surface area contributed by atoms with Crippen LogP contribution in [0.1, 0.15) is 27.6 Å². The van der Waals surface area contributed by atoms with E-state index in [4.69, 9.17) is 53.6 Å². The number of carbonyl (C=O) groups excluding carboxylic acids is 2. The van der Waals surface area contributed by atoms with Gasteiger partial charge in [-0.25, -0.2) is 0 Å². The molecule has 14 heteroatoms. The second-order valence-corrected chi connectivity index (χ2v) is 12.2. The highest BCUT2D eigenvalue weighted by Gasteiger charge is 2.21. The lowest BCUT2D eigenvalue weighted by Crippen LogP contribution is -2.42. The molecule has 0 aliphatic heterocycles. The van der Waals surface area contributed by atoms with Crippen LogP contribution >= 0.6 is 23.2 Å². The molecule has 0 spiro atoms. The van der Waals surface area contributed by atoms with Crippen molar-refractivity contribution in [2.24, 2.45) is 0 Å². The number of hydrogen-bond donors (Lipinski definition) is 4. The van der Waals surface area contributed by atoms with Crippen LogP contribution in [0.5, 0.6) is 34.5 Å². The Balaban J connectivity index is 1.18. The Hall–Kier alpha value is -5.98. The number of nitrogen functional groups attached to an aromatic ring is 2. The number of aromatic nitrogens is 2. The van der Waals surface area contributed by atoms with Crippen molar-refractivity contribution in [3.8, 4) is 34.5 Å². The number of methoxy groups -OCH3 is 2. The van der Waals surface area contributed by atoms with Crippen LogP contribution in [0.4, 0.5) is 11.4 Å². The number of benzene rings is 4. The zero-order chi connectivity index (χ0) is 36.2. The fourth-order valence-electron chi connectivity index (χ4n) is 5.27. The van der Waals surface area contributed by atoms with Gasteiger partial charge in [-0.2, -0.15) is 0 Å². The van der Waals surface area contributed by atoms with Crippen LogP contribution < -0.4 is 41.0 Å². The third-order valence-corrected chi connectivity index (χ3v) is 8.55. The van der Waals surface area contributed by atoms with Crippen molar-refractivity contribution < 1.29 is 28.5 Å². The van der Waals surface area contributed by atoms with Gasteiger partial charge in [0, 0.05) is 60.0 Å². The summed E-state index contributed by atoms with van der Waals surface area (Å²) in [7, 11) is 2.93. The van der Waals surface area contributed by atoms with Crippen molar-refractivity contribution in [3.05, 3.63) is 106 Å². The molecule has 0 fully saturated rings. The lowest BCUT2D eigenvalue weighted by atomic mass is 10.1. The van der Waals surface area contributed by atoms with E-state index in [0.717, 1.165) is 0 Å². The molecule has 1 atom stereocenters. The topological polar surface area (TPSA) is 173 Å². The van der Waals surface area contributed by atoms with Gasteiger partial charge in [-0.3, -0.25) is 19.6 Å². The summed E-state index contributed by atoms with van der Waals surface area (Å²) in [5.74, 6) is 1.58. The average molecular weight is 728 g/mol. The van der Waals surface area contributed by atoms with Gasteiger partial charge in [0.15, 0.2) is 0 Å². The Morgan fingerprint density at radius 1 is 0.686 bits per heavy atom. The highest BCUT2D eigenvalue weighted by molar-refractivity contribution is 6.33. The molecule has 4 aromatic carbocycles. The van der Waals surface area contributed by atoms with Crippen LogP contribution in [0.15, 0.2) is 85.2 Å². The molecule has 260 valence electrons. The maximum atomic E-state index is 13.6. The fourth-order valence-corrected chi connectivity index (χ4v) is 5.56. The maximum Gasteiger partial charge on any atom is 0.255 e. The third kappa shape index (κ3) is 7.62. The summed E-state index contributed by atoms with van der Waals surface area (Å²) in [6.07, 6.45) is 3.18. The van der Waals surface area contributed by atoms with Crippen LogP contribution in [0.25, 0.3) is 21.8 Å². The highest BCUT2D eigenvalue weighted by atomic mass is 35.5. The summed E-state index contributed by atoms with van der Waals surface area (Å²) >= 11 is 12.2. The van der Waals surface area contributed by atoms with Gasteiger partial charge in [0.25, 0.3) is 11.8 Å². The van der Waals surface area contributed by atoms with E-state index < -0.39 is 17.9 Å². The Morgan fingerprint density at radius 3 is 1.78 bits per heavy atom. The lowest BCUT2D eigenvalue weighted by molar-refractivity contribution is 0.0909. The second-order valence-electron chi connectivity index (χ2n) is 11.4. The number of halogens is 2. The predicted molar refractivity (Wildman–Crippen MR) is 198 cm³/mol. The Labute approximate surface area is 302 Å². The second kappa shape index (κ2) is 14.9. The molecular weight excluding hydrogens is 695 g/mol. The van der Waals surface area contributed by atoms with Gasteiger partial charge in [0.05, 0.1) is 57.8 Å². The number of carbonyl (C=O) groups is 2. The first-order valence-electron chi connectivity index (χ1n) is 15.5. The molecule has 6 rings (SSSR count). The van der Waals surface area contributed by atoms with Gasteiger partial charge in [0.1, 0.15) is 34.5 Å². The van der Waals surface area contributed by atoms with Gasteiger partial charge in [0.2, 0.25) is 0 Å². The third-order valence-electron chi connectivity index (χ3n) is 7.88. The average Bonchev–Trinajstić information content (AvgIpc) is 3.12. The minimum absolute atomic E-state index is 0.0932. The van der Waals surface area contributed by atoms with Gasteiger partial charge >= 0.3 is 0 Å². The first-order chi connectivity index (χ1) is 24.5. The summed E-state index contributed by atoms with van der Waals surface area (Å²) < 4.78 is 23.2. The van der Waals surface area contributed by atoms with E-state index in [1.807, 2.05) is 0 Å². The summed E-state index contributed by atoms with van der Waals surface area (Å²) in [4.78, 5) is 35.9. The van der Waals surface area contributed by atoms with E-state index in [1.165, 1.54) is 14.2 Å². The predicted octanol–water partition coefficient (Wildman–Crippen LogP) is 7.40. The molecule has 0 aliphatic rings. The standard InChI is InChI=1S/C37H32Cl2N6O6/c1-19(45-37(47)25-15-23-31(17-35(25)49-3)43-11-9-33(23)51-21-4-6-26(38)29(41)13-21)18-44-36(46)24-14-22-30(16-34(24)48-2)42-10-8-32(22)50-20-5-7-28(40)27(39)12-20/h4-17,19H,18,40-41H2,1-3H3,(H,44,46)(H,45,47). The van der Waals surface area contributed by atoms with E-state index in [0.29, 0.717) is 77.7 Å². The normalized spacial score (nSPS) is 11.5. The summed E-state index contributed by atoms with van der Waals surface area (Å²) in [6, 6.07) is 19.3. The molecule has 51 heavy (non-hydrogen) atoms. The first kappa shape index (κ1) is 34.9. The molecule has 0 bridgehead atoms. The van der Waals surface area contributed by atoms with Crippen LogP contribution in [0.2, 0.25) is 10.0 Å². The molecule has 12 nitrogen and oxygen atoms in total. The molecule has 2 heterocycles. The molecule has 6 N–H and O–H groups in total. The minimum atomic E-state index is -0.495. The molecule has 2 aromatic heterocycles. The van der Waals surface area contributed by atoms with Gasteiger partial charge in [-0.05, 0) is 55.5 Å². The quantitative estimate of drug-likeness (QED) is 0.0985. The van der Waals surface area contributed by atoms with E-state index >= 15 is 0 Å². The number of hydrogen-bond acceptors (Lipinski definition) is 10. The summed E-state index contributed by atoms with van der Waals surface area (Å²) in [6.45, 7) is 1.86. The van der Waals surface area contributed by atoms with Gasteiger partial charge < -0.3 is 41.0 Å². The van der Waals surface area contributed by atoms with Crippen molar-refractivity contribution in [2.45, 2.75) is 13.0 Å². The van der Waals surface area contributed by atoms with E-state index in [9.17, 15) is 9.59 Å². The largest absolute Gasteiger partial charge is 0.496 e. The molecule has 1 unspecified atom stereocenters. The number of pyridine rings is 2. The number of rotatable bonds is 11. The number of nitrogens with one attached hydrogen (secondary N) is 2. The Bertz CT molecular complexity index is 2300. The van der Waals surface area contributed by atoms with Crippen LogP contribution in [-0.2, 0) is 0 Å². The van der Waals surface area contributed by atoms with Gasteiger partial charge in [-0.15, -0.1) is 0 Å². The van der Waals surface area contributed by atoms with E-state index in [2.05, 4.69) is 20.6 Å². The van der Waals surface area contributed by atoms with Crippen molar-refractivity contribution in [3.63, 3.8) is 0 Å². The number of nitrogens with zero attached hydrogens (tertiary/aromatic N) is 2. The van der Waals surface area contributed by atoms with E-state index in [1.54, 1.807) is 92.1 Å². The van der Waals surface area contributed by atoms with Crippen LogP contribution in [-0.4, -0.2) is 48.6 Å². The summed E-state index contributed by atoms with van der Waals surface area (Å²) in [5, 5.41) is 7.69. The number of anilines is 2. The molecule has 0 radical (unpaired) electrons. The molecule has 6 aromatic rings. The Kier molecular flexibility index (Phi) is 10.2. The Morgan fingerprint density at radius 2 is 1.24 bits per heavy atom. The van der Waals surface area contributed by atoms with Gasteiger partial charge in [-0.1, -0.05) is 23.2 Å². The minimum Gasteiger partial charge on any atom is -0.496 e. The lowest BCUT2D eigenvalue weighted by Gasteiger charge is -2.18. The molecule has 0 aliphatic carbocycles. The first-order valence-corrected chi connectivity index (χ1v) is 16.3. The number of ether oxygens (including phenoxy) is 4. The number of amides is 2. The van der Waals surface area contributed by atoms with Crippen molar-refractivity contribution in [1.29, 1.82) is 0 Å². The van der Waals surface area contributed by atoms with Crippen molar-refractivity contribution >= 4 is 68.2 Å². The highest BCUT2D eigenvalue weighted by Crippen LogP contribution is 2.36. The monoisotopic (exact) mass is 726 g/mol. The van der Waals surface area contributed by atoms with E-state index in [-0.39, 0.29) is 17.7 Å². The molecular formula is C37H32Cl2N6O6. The summed E-state index contributed by atoms with van der Waals surface area (Å²) in [5.41, 5.74) is 14.2. The smallest absolute Gasteiger partial charge is 0.255 e. The number of fused-ring (bicyclic) bond motifs is 2. The van der Waals surface area contributed by atoms with Crippen LogP contribution in [0, 0.1) is 0 Å². The van der Waals surface area contributed by atoms with Crippen molar-refractivity contribution in [1.82, 2.24) is 20.6 Å². The zero-order valence-corrected chi connectivity index (χ0v) is 29.1. The van der Waals surface area contributed by atoms with Crippen molar-refractivity contribution in [2.75, 3.05) is 32.2 Å².